The number of nitrogens with one attached hydrogen (secondary N) is 1. The number of rotatable bonds is 6. The summed E-state index contributed by atoms with van der Waals surface area (Å²) in [4.78, 5) is 0. The van der Waals surface area contributed by atoms with Crippen LogP contribution in [0.2, 0.25) is 0 Å². The maximum absolute atomic E-state index is 9.23. The van der Waals surface area contributed by atoms with E-state index in [4.69, 9.17) is 4.74 Å². The molecule has 96 valence electrons. The summed E-state index contributed by atoms with van der Waals surface area (Å²) < 4.78 is 5.63. The van der Waals surface area contributed by atoms with Crippen molar-refractivity contribution in [3.63, 3.8) is 0 Å². The fourth-order valence-corrected chi connectivity index (χ4v) is 1.72. The first-order valence-electron chi connectivity index (χ1n) is 6.11. The van der Waals surface area contributed by atoms with Gasteiger partial charge in [-0.15, -0.1) is 0 Å². The summed E-state index contributed by atoms with van der Waals surface area (Å²) in [6.07, 6.45) is 0. The maximum atomic E-state index is 9.23. The Morgan fingerprint density at radius 2 is 1.88 bits per heavy atom. The van der Waals surface area contributed by atoms with Crippen LogP contribution in [0.15, 0.2) is 24.3 Å². The lowest BCUT2D eigenvalue weighted by atomic mass is 10.1. The monoisotopic (exact) mass is 237 g/mol. The summed E-state index contributed by atoms with van der Waals surface area (Å²) in [5.41, 5.74) is 1.01. The Bertz CT molecular complexity index is 333. The molecule has 1 rings (SSSR count). The third-order valence-electron chi connectivity index (χ3n) is 2.76. The first-order chi connectivity index (χ1) is 7.94. The lowest BCUT2D eigenvalue weighted by Crippen LogP contribution is -2.38. The van der Waals surface area contributed by atoms with Gasteiger partial charge in [0.1, 0.15) is 5.75 Å². The minimum atomic E-state index is -0.153. The topological polar surface area (TPSA) is 41.5 Å². The average molecular weight is 237 g/mol. The maximum Gasteiger partial charge on any atom is 0.115 e. The minimum Gasteiger partial charge on any atom is -0.508 e. The molecule has 3 heteroatoms. The normalized spacial score (nSPS) is 13.6. The van der Waals surface area contributed by atoms with Crippen LogP contribution in [-0.2, 0) is 4.74 Å². The molecule has 0 fully saturated rings. The Balaban J connectivity index is 2.49. The molecule has 0 aromatic heterocycles. The van der Waals surface area contributed by atoms with Crippen LogP contribution >= 0.6 is 0 Å². The quantitative estimate of drug-likeness (QED) is 0.799. The first kappa shape index (κ1) is 14.0. The van der Waals surface area contributed by atoms with Crippen LogP contribution in [-0.4, -0.2) is 23.9 Å². The second-order valence-electron chi connectivity index (χ2n) is 4.89. The molecule has 3 nitrogen and oxygen atoms in total. The molecular formula is C14H23NO2. The van der Waals surface area contributed by atoms with E-state index in [9.17, 15) is 5.11 Å². The van der Waals surface area contributed by atoms with Crippen molar-refractivity contribution < 1.29 is 9.84 Å². The predicted octanol–water partition coefficient (Wildman–Crippen LogP) is 2.86. The van der Waals surface area contributed by atoms with Crippen LogP contribution in [0.25, 0.3) is 0 Å². The van der Waals surface area contributed by atoms with Crippen molar-refractivity contribution in [2.24, 2.45) is 0 Å². The highest BCUT2D eigenvalue weighted by atomic mass is 16.5. The van der Waals surface area contributed by atoms with Gasteiger partial charge in [-0.2, -0.15) is 0 Å². The van der Waals surface area contributed by atoms with Gasteiger partial charge in [0, 0.05) is 19.2 Å². The van der Waals surface area contributed by atoms with Crippen LogP contribution in [0.4, 0.5) is 0 Å². The van der Waals surface area contributed by atoms with Crippen LogP contribution in [0.3, 0.4) is 0 Å². The van der Waals surface area contributed by atoms with Gasteiger partial charge in [0.2, 0.25) is 0 Å². The molecule has 1 aromatic rings. The van der Waals surface area contributed by atoms with E-state index >= 15 is 0 Å². The van der Waals surface area contributed by atoms with E-state index in [-0.39, 0.29) is 11.6 Å². The highest BCUT2D eigenvalue weighted by molar-refractivity contribution is 5.27. The SMILES string of the molecule is CCOC(C)(C)CNC(C)c1ccc(O)cc1. The number of phenolic OH excluding ortho intramolecular Hbond substituents is 1. The van der Waals surface area contributed by atoms with Crippen LogP contribution in [0, 0.1) is 0 Å². The molecular weight excluding hydrogens is 214 g/mol. The first-order valence-corrected chi connectivity index (χ1v) is 6.11. The third-order valence-corrected chi connectivity index (χ3v) is 2.76. The molecule has 0 amide bonds. The molecule has 0 radical (unpaired) electrons. The van der Waals surface area contributed by atoms with Gasteiger partial charge in [-0.25, -0.2) is 0 Å². The van der Waals surface area contributed by atoms with Crippen LogP contribution < -0.4 is 5.32 Å². The molecule has 0 heterocycles. The number of ether oxygens (including phenoxy) is 1. The Hall–Kier alpha value is -1.06. The Labute approximate surface area is 104 Å². The van der Waals surface area contributed by atoms with Crippen LogP contribution in [0.5, 0.6) is 5.75 Å². The summed E-state index contributed by atoms with van der Waals surface area (Å²) in [6.45, 7) is 9.78. The van der Waals surface area contributed by atoms with Gasteiger partial charge >= 0.3 is 0 Å². The Morgan fingerprint density at radius 3 is 2.41 bits per heavy atom. The average Bonchev–Trinajstić information content (AvgIpc) is 2.27. The van der Waals surface area contributed by atoms with Gasteiger partial charge in [-0.1, -0.05) is 12.1 Å². The zero-order chi connectivity index (χ0) is 12.9. The Kier molecular flexibility index (Phi) is 4.97. The van der Waals surface area contributed by atoms with E-state index in [0.29, 0.717) is 5.75 Å². The van der Waals surface area contributed by atoms with Crippen molar-refractivity contribution in [3.8, 4) is 5.75 Å². The van der Waals surface area contributed by atoms with Crippen molar-refractivity contribution in [1.29, 1.82) is 0 Å². The van der Waals surface area contributed by atoms with Crippen molar-refractivity contribution in [3.05, 3.63) is 29.8 Å². The molecule has 1 aromatic carbocycles. The number of hydrogen-bond acceptors (Lipinski definition) is 3. The van der Waals surface area contributed by atoms with Crippen molar-refractivity contribution in [2.45, 2.75) is 39.3 Å². The number of hydrogen-bond donors (Lipinski definition) is 2. The molecule has 2 N–H and O–H groups in total. The lowest BCUT2D eigenvalue weighted by molar-refractivity contribution is -0.0103. The smallest absolute Gasteiger partial charge is 0.115 e. The molecule has 0 aliphatic rings. The predicted molar refractivity (Wildman–Crippen MR) is 70.2 cm³/mol. The van der Waals surface area contributed by atoms with Gasteiger partial charge in [0.05, 0.1) is 5.60 Å². The van der Waals surface area contributed by atoms with Gasteiger partial charge in [0.25, 0.3) is 0 Å². The fraction of sp³-hybridized carbons (Fsp3) is 0.571. The van der Waals surface area contributed by atoms with E-state index < -0.39 is 0 Å². The molecule has 0 saturated carbocycles. The second-order valence-corrected chi connectivity index (χ2v) is 4.89. The van der Waals surface area contributed by atoms with Crippen molar-refractivity contribution in [2.75, 3.05) is 13.2 Å². The summed E-state index contributed by atoms with van der Waals surface area (Å²) in [5, 5.41) is 12.7. The number of aromatic hydroxyl groups is 1. The molecule has 0 aliphatic heterocycles. The molecule has 1 unspecified atom stereocenters. The minimum absolute atomic E-state index is 0.153. The van der Waals surface area contributed by atoms with Gasteiger partial charge in [0.15, 0.2) is 0 Å². The van der Waals surface area contributed by atoms with Gasteiger partial charge < -0.3 is 15.2 Å². The summed E-state index contributed by atoms with van der Waals surface area (Å²) in [6, 6.07) is 7.53. The molecule has 0 aliphatic carbocycles. The summed E-state index contributed by atoms with van der Waals surface area (Å²) in [5.74, 6) is 0.301. The standard InChI is InChI=1S/C14H23NO2/c1-5-17-14(3,4)10-15-11(2)12-6-8-13(16)9-7-12/h6-9,11,15-16H,5,10H2,1-4H3. The van der Waals surface area contributed by atoms with E-state index in [2.05, 4.69) is 26.1 Å². The van der Waals surface area contributed by atoms with E-state index in [1.165, 1.54) is 0 Å². The molecule has 17 heavy (non-hydrogen) atoms. The zero-order valence-electron chi connectivity index (χ0n) is 11.2. The zero-order valence-corrected chi connectivity index (χ0v) is 11.2. The molecule has 0 spiro atoms. The number of phenols is 1. The van der Waals surface area contributed by atoms with E-state index in [0.717, 1.165) is 18.7 Å². The summed E-state index contributed by atoms with van der Waals surface area (Å²) in [7, 11) is 0. The Morgan fingerprint density at radius 1 is 1.29 bits per heavy atom. The van der Waals surface area contributed by atoms with E-state index in [1.54, 1.807) is 12.1 Å². The van der Waals surface area contributed by atoms with Crippen LogP contribution in [0.1, 0.15) is 39.3 Å². The number of benzene rings is 1. The summed E-state index contributed by atoms with van der Waals surface area (Å²) >= 11 is 0. The fourth-order valence-electron chi connectivity index (χ4n) is 1.72. The highest BCUT2D eigenvalue weighted by Gasteiger charge is 2.18. The molecule has 0 bridgehead atoms. The van der Waals surface area contributed by atoms with Crippen molar-refractivity contribution >= 4 is 0 Å². The molecule has 1 atom stereocenters. The molecule has 0 saturated heterocycles. The van der Waals surface area contributed by atoms with Gasteiger partial charge in [-0.05, 0) is 45.4 Å². The lowest BCUT2D eigenvalue weighted by Gasteiger charge is -2.27. The largest absolute Gasteiger partial charge is 0.508 e. The van der Waals surface area contributed by atoms with E-state index in [1.807, 2.05) is 19.1 Å². The van der Waals surface area contributed by atoms with Gasteiger partial charge in [-0.3, -0.25) is 0 Å². The van der Waals surface area contributed by atoms with Crippen molar-refractivity contribution in [1.82, 2.24) is 5.32 Å². The highest BCUT2D eigenvalue weighted by Crippen LogP contribution is 2.17. The second kappa shape index (κ2) is 6.03. The third kappa shape index (κ3) is 4.75.